The van der Waals surface area contributed by atoms with Crippen LogP contribution in [0.25, 0.3) is 10.2 Å². The maximum Gasteiger partial charge on any atom is 0.271 e. The Morgan fingerprint density at radius 2 is 2.15 bits per heavy atom. The molecule has 6 nitrogen and oxygen atoms in total. The summed E-state index contributed by atoms with van der Waals surface area (Å²) in [6.45, 7) is 1.91. The topological polar surface area (TPSA) is 73.2 Å². The lowest BCUT2D eigenvalue weighted by molar-refractivity contribution is -0.119. The monoisotopic (exact) mass is 389 g/mol. The number of fused-ring (bicyclic) bond motifs is 1. The van der Waals surface area contributed by atoms with Gasteiger partial charge in [0.05, 0.1) is 24.4 Å². The Labute approximate surface area is 159 Å². The molecule has 0 bridgehead atoms. The number of hydrogen-bond donors (Lipinski definition) is 1. The van der Waals surface area contributed by atoms with Gasteiger partial charge in [0.1, 0.15) is 10.4 Å². The van der Waals surface area contributed by atoms with E-state index < -0.39 is 0 Å². The van der Waals surface area contributed by atoms with Gasteiger partial charge in [0.25, 0.3) is 5.56 Å². The first kappa shape index (κ1) is 18.5. The molecule has 0 aliphatic carbocycles. The Morgan fingerprint density at radius 3 is 2.92 bits per heavy atom. The average molecular weight is 390 g/mol. The fraction of sp³-hybridized carbons (Fsp3) is 0.278. The van der Waals surface area contributed by atoms with Crippen molar-refractivity contribution in [3.63, 3.8) is 0 Å². The second-order valence-corrected chi connectivity index (χ2v) is 7.57. The minimum atomic E-state index is -0.185. The van der Waals surface area contributed by atoms with Gasteiger partial charge in [-0.25, -0.2) is 4.98 Å². The van der Waals surface area contributed by atoms with E-state index in [2.05, 4.69) is 10.3 Å². The van der Waals surface area contributed by atoms with Crippen LogP contribution in [0.3, 0.4) is 0 Å². The van der Waals surface area contributed by atoms with Gasteiger partial charge in [0.2, 0.25) is 5.91 Å². The molecule has 1 aromatic carbocycles. The largest absolute Gasteiger partial charge is 0.496 e. The number of benzene rings is 1. The zero-order valence-corrected chi connectivity index (χ0v) is 16.3. The predicted molar refractivity (Wildman–Crippen MR) is 105 cm³/mol. The summed E-state index contributed by atoms with van der Waals surface area (Å²) in [5.41, 5.74) is 1.50. The highest BCUT2D eigenvalue weighted by Crippen LogP contribution is 2.25. The Bertz CT molecular complexity index is 997. The van der Waals surface area contributed by atoms with Gasteiger partial charge in [-0.15, -0.1) is 11.3 Å². The smallest absolute Gasteiger partial charge is 0.271 e. The quantitative estimate of drug-likeness (QED) is 0.518. The summed E-state index contributed by atoms with van der Waals surface area (Å²) in [5, 5.41) is 5.33. The second kappa shape index (κ2) is 7.92. The van der Waals surface area contributed by atoms with Gasteiger partial charge in [-0.2, -0.15) is 0 Å². The highest BCUT2D eigenvalue weighted by molar-refractivity contribution is 7.99. The van der Waals surface area contributed by atoms with Gasteiger partial charge in [0.15, 0.2) is 5.16 Å². The first-order chi connectivity index (χ1) is 12.5. The molecule has 1 N–H and O–H groups in total. The number of rotatable bonds is 6. The zero-order chi connectivity index (χ0) is 18.7. The maximum atomic E-state index is 12.3. The van der Waals surface area contributed by atoms with Gasteiger partial charge < -0.3 is 10.1 Å². The number of nitrogens with one attached hydrogen (secondary N) is 1. The number of thiophene rings is 1. The van der Waals surface area contributed by atoms with E-state index in [1.807, 2.05) is 42.6 Å². The molecule has 1 amide bonds. The molecule has 0 aliphatic rings. The van der Waals surface area contributed by atoms with Crippen molar-refractivity contribution in [2.75, 3.05) is 12.9 Å². The van der Waals surface area contributed by atoms with Gasteiger partial charge in [-0.1, -0.05) is 30.0 Å². The Hall–Kier alpha value is -2.32. The molecule has 0 spiro atoms. The number of amides is 1. The number of carbonyl (C=O) groups excluding carboxylic acids is 1. The number of aromatic nitrogens is 2. The summed E-state index contributed by atoms with van der Waals surface area (Å²) >= 11 is 2.62. The van der Waals surface area contributed by atoms with Crippen LogP contribution in [0.4, 0.5) is 0 Å². The van der Waals surface area contributed by atoms with Crippen LogP contribution in [-0.2, 0) is 11.8 Å². The molecular formula is C18H19N3O3S2. The van der Waals surface area contributed by atoms with E-state index in [4.69, 9.17) is 4.74 Å². The van der Waals surface area contributed by atoms with E-state index in [-0.39, 0.29) is 23.3 Å². The van der Waals surface area contributed by atoms with E-state index >= 15 is 0 Å². The van der Waals surface area contributed by atoms with Gasteiger partial charge in [-0.05, 0) is 24.4 Å². The molecular weight excluding hydrogens is 370 g/mol. The average Bonchev–Trinajstić information content (AvgIpc) is 3.12. The van der Waals surface area contributed by atoms with E-state index in [1.54, 1.807) is 14.2 Å². The van der Waals surface area contributed by atoms with Crippen molar-refractivity contribution in [2.24, 2.45) is 7.05 Å². The molecule has 2 aromatic heterocycles. The molecule has 0 saturated heterocycles. The van der Waals surface area contributed by atoms with Crippen LogP contribution >= 0.6 is 23.1 Å². The standard InChI is InChI=1S/C18H19N3O3S2/c1-11(12-6-4-5-7-14(12)24-3)19-15(22)10-26-18-20-13-8-9-25-16(13)17(23)21(18)2/h4-9,11H,10H2,1-3H3,(H,19,22). The highest BCUT2D eigenvalue weighted by atomic mass is 32.2. The van der Waals surface area contributed by atoms with Crippen LogP contribution in [0.15, 0.2) is 45.7 Å². The lowest BCUT2D eigenvalue weighted by atomic mass is 10.1. The third-order valence-electron chi connectivity index (χ3n) is 3.96. The summed E-state index contributed by atoms with van der Waals surface area (Å²) in [6.07, 6.45) is 0. The van der Waals surface area contributed by atoms with E-state index in [0.717, 1.165) is 11.3 Å². The molecule has 0 saturated carbocycles. The minimum absolute atomic E-state index is 0.0877. The number of hydrogen-bond acceptors (Lipinski definition) is 6. The van der Waals surface area contributed by atoms with Crippen molar-refractivity contribution in [2.45, 2.75) is 18.1 Å². The normalized spacial score (nSPS) is 12.1. The molecule has 0 radical (unpaired) electrons. The van der Waals surface area contributed by atoms with Gasteiger partial charge in [-0.3, -0.25) is 14.2 Å². The van der Waals surface area contributed by atoms with Crippen LogP contribution in [0.5, 0.6) is 5.75 Å². The van der Waals surface area contributed by atoms with E-state index in [0.29, 0.717) is 15.4 Å². The van der Waals surface area contributed by atoms with Crippen molar-refractivity contribution < 1.29 is 9.53 Å². The van der Waals surface area contributed by atoms with Crippen molar-refractivity contribution in [3.05, 3.63) is 51.6 Å². The molecule has 0 aliphatic heterocycles. The lowest BCUT2D eigenvalue weighted by Gasteiger charge is -2.17. The molecule has 8 heteroatoms. The van der Waals surface area contributed by atoms with Crippen LogP contribution < -0.4 is 15.6 Å². The number of para-hydroxylation sites is 1. The van der Waals surface area contributed by atoms with Crippen LogP contribution in [0.1, 0.15) is 18.5 Å². The van der Waals surface area contributed by atoms with Gasteiger partial charge in [0, 0.05) is 12.6 Å². The number of thioether (sulfide) groups is 1. The summed E-state index contributed by atoms with van der Waals surface area (Å²) < 4.78 is 7.45. The molecule has 3 rings (SSSR count). The fourth-order valence-electron chi connectivity index (χ4n) is 2.61. The first-order valence-electron chi connectivity index (χ1n) is 8.00. The maximum absolute atomic E-state index is 12.3. The summed E-state index contributed by atoms with van der Waals surface area (Å²) in [7, 11) is 3.28. The molecule has 0 fully saturated rings. The Kier molecular flexibility index (Phi) is 5.63. The van der Waals surface area contributed by atoms with Crippen molar-refractivity contribution in [1.29, 1.82) is 0 Å². The fourth-order valence-corrected chi connectivity index (χ4v) is 4.20. The SMILES string of the molecule is COc1ccccc1C(C)NC(=O)CSc1nc2ccsc2c(=O)n1C. The second-order valence-electron chi connectivity index (χ2n) is 5.71. The first-order valence-corrected chi connectivity index (χ1v) is 9.87. The number of carbonyl (C=O) groups is 1. The molecule has 3 aromatic rings. The Morgan fingerprint density at radius 1 is 1.38 bits per heavy atom. The zero-order valence-electron chi connectivity index (χ0n) is 14.7. The Balaban J connectivity index is 1.68. The van der Waals surface area contributed by atoms with Gasteiger partial charge >= 0.3 is 0 Å². The summed E-state index contributed by atoms with van der Waals surface area (Å²) in [6, 6.07) is 9.21. The van der Waals surface area contributed by atoms with Crippen molar-refractivity contribution >= 4 is 39.2 Å². The minimum Gasteiger partial charge on any atom is -0.496 e. The van der Waals surface area contributed by atoms with Crippen LogP contribution in [0.2, 0.25) is 0 Å². The number of nitrogens with zero attached hydrogens (tertiary/aromatic N) is 2. The molecule has 1 atom stereocenters. The third kappa shape index (κ3) is 3.76. The predicted octanol–water partition coefficient (Wildman–Crippen LogP) is 2.97. The number of methoxy groups -OCH3 is 1. The molecule has 1 unspecified atom stereocenters. The van der Waals surface area contributed by atoms with Crippen LogP contribution in [0, 0.1) is 0 Å². The highest BCUT2D eigenvalue weighted by Gasteiger charge is 2.15. The molecule has 136 valence electrons. The lowest BCUT2D eigenvalue weighted by Crippen LogP contribution is -2.29. The summed E-state index contributed by atoms with van der Waals surface area (Å²) in [5.74, 6) is 0.781. The molecule has 2 heterocycles. The van der Waals surface area contributed by atoms with Crippen LogP contribution in [-0.4, -0.2) is 28.3 Å². The van der Waals surface area contributed by atoms with E-state index in [9.17, 15) is 9.59 Å². The third-order valence-corrected chi connectivity index (χ3v) is 5.88. The molecule has 26 heavy (non-hydrogen) atoms. The number of ether oxygens (including phenoxy) is 1. The summed E-state index contributed by atoms with van der Waals surface area (Å²) in [4.78, 5) is 29.1. The van der Waals surface area contributed by atoms with Crippen molar-refractivity contribution in [1.82, 2.24) is 14.9 Å². The van der Waals surface area contributed by atoms with E-state index in [1.165, 1.54) is 27.7 Å². The van der Waals surface area contributed by atoms with Crippen molar-refractivity contribution in [3.8, 4) is 5.75 Å².